The second-order valence-electron chi connectivity index (χ2n) is 7.80. The second kappa shape index (κ2) is 8.85. The van der Waals surface area contributed by atoms with Crippen LogP contribution in [0.15, 0.2) is 76.2 Å². The van der Waals surface area contributed by atoms with E-state index in [0.717, 1.165) is 32.8 Å². The van der Waals surface area contributed by atoms with Crippen molar-refractivity contribution in [1.29, 1.82) is 0 Å². The van der Waals surface area contributed by atoms with Crippen LogP contribution in [0.3, 0.4) is 0 Å². The highest BCUT2D eigenvalue weighted by Gasteiger charge is 2.41. The maximum absolute atomic E-state index is 13.6. The van der Waals surface area contributed by atoms with Crippen molar-refractivity contribution < 1.29 is 9.59 Å². The number of nitrogens with zero attached hydrogens (tertiary/aromatic N) is 1. The van der Waals surface area contributed by atoms with Crippen molar-refractivity contribution >= 4 is 46.6 Å². The lowest BCUT2D eigenvalue weighted by atomic mass is 10.1. The van der Waals surface area contributed by atoms with Gasteiger partial charge in [-0.05, 0) is 86.3 Å². The Balaban J connectivity index is 1.80. The van der Waals surface area contributed by atoms with E-state index in [-0.39, 0.29) is 17.5 Å². The summed E-state index contributed by atoms with van der Waals surface area (Å²) in [5, 5.41) is 3.88. The molecule has 3 aromatic rings. The van der Waals surface area contributed by atoms with E-state index in [9.17, 15) is 9.59 Å². The van der Waals surface area contributed by atoms with Crippen molar-refractivity contribution in [1.82, 2.24) is 0 Å². The molecule has 1 heterocycles. The highest BCUT2D eigenvalue weighted by atomic mass is 35.5. The number of imide groups is 1. The molecule has 0 spiro atoms. The third-order valence-corrected chi connectivity index (χ3v) is 7.10. The minimum absolute atomic E-state index is 0.282. The fourth-order valence-electron chi connectivity index (χ4n) is 3.55. The number of carbonyl (C=O) groups excluding carboxylic acids is 2. The molecule has 4 rings (SSSR count). The molecule has 0 bridgehead atoms. The quantitative estimate of drug-likeness (QED) is 0.436. The van der Waals surface area contributed by atoms with E-state index in [4.69, 9.17) is 11.6 Å². The van der Waals surface area contributed by atoms with Gasteiger partial charge in [-0.1, -0.05) is 47.6 Å². The summed E-state index contributed by atoms with van der Waals surface area (Å²) in [7, 11) is 0. The van der Waals surface area contributed by atoms with Gasteiger partial charge in [0.25, 0.3) is 11.8 Å². The molecule has 6 heteroatoms. The van der Waals surface area contributed by atoms with Gasteiger partial charge < -0.3 is 5.32 Å². The fourth-order valence-corrected chi connectivity index (χ4v) is 4.61. The summed E-state index contributed by atoms with van der Waals surface area (Å²) in [4.78, 5) is 29.6. The van der Waals surface area contributed by atoms with E-state index in [0.29, 0.717) is 15.6 Å². The summed E-state index contributed by atoms with van der Waals surface area (Å²) in [5.74, 6) is -0.697. The Hall–Kier alpha value is -3.02. The molecule has 3 aromatic carbocycles. The van der Waals surface area contributed by atoms with Gasteiger partial charge in [0.2, 0.25) is 0 Å². The second-order valence-corrected chi connectivity index (χ2v) is 9.32. The molecule has 32 heavy (non-hydrogen) atoms. The number of carbonyl (C=O) groups is 2. The molecule has 4 nitrogen and oxygen atoms in total. The predicted molar refractivity (Wildman–Crippen MR) is 132 cm³/mol. The van der Waals surface area contributed by atoms with E-state index in [1.165, 1.54) is 16.7 Å². The number of nitrogens with one attached hydrogen (secondary N) is 1. The van der Waals surface area contributed by atoms with Crippen LogP contribution >= 0.6 is 23.4 Å². The zero-order chi connectivity index (χ0) is 23.0. The van der Waals surface area contributed by atoms with E-state index < -0.39 is 0 Å². The van der Waals surface area contributed by atoms with Crippen molar-refractivity contribution in [3.8, 4) is 0 Å². The normalized spacial score (nSPS) is 13.8. The number of thioether (sulfide) groups is 1. The number of anilines is 2. The van der Waals surface area contributed by atoms with Crippen molar-refractivity contribution in [2.24, 2.45) is 0 Å². The highest BCUT2D eigenvalue weighted by Crippen LogP contribution is 2.39. The molecular formula is C26H23ClN2O2S. The molecular weight excluding hydrogens is 440 g/mol. The van der Waals surface area contributed by atoms with Gasteiger partial charge in [0.05, 0.1) is 5.69 Å². The summed E-state index contributed by atoms with van der Waals surface area (Å²) in [5.41, 5.74) is 5.74. The first-order chi connectivity index (χ1) is 15.3. The average Bonchev–Trinajstić information content (AvgIpc) is 2.99. The predicted octanol–water partition coefficient (Wildman–Crippen LogP) is 6.56. The molecule has 2 amide bonds. The van der Waals surface area contributed by atoms with Gasteiger partial charge in [0.15, 0.2) is 0 Å². The first kappa shape index (κ1) is 22.2. The molecule has 1 N–H and O–H groups in total. The summed E-state index contributed by atoms with van der Waals surface area (Å²) in [6.07, 6.45) is 0. The zero-order valence-electron chi connectivity index (χ0n) is 18.3. The SMILES string of the molecule is Cc1cccc(NC2=C(Sc3ccc(Cl)cc3)C(=O)N(c3cccc(C)c3C)C2=O)c1C. The molecule has 162 valence electrons. The molecule has 1 aliphatic rings. The van der Waals surface area contributed by atoms with Crippen molar-refractivity contribution in [3.63, 3.8) is 0 Å². The monoisotopic (exact) mass is 462 g/mol. The molecule has 1 aliphatic heterocycles. The first-order valence-electron chi connectivity index (χ1n) is 10.2. The molecule has 0 radical (unpaired) electrons. The smallest absolute Gasteiger partial charge is 0.283 e. The van der Waals surface area contributed by atoms with E-state index in [2.05, 4.69) is 5.32 Å². The fraction of sp³-hybridized carbons (Fsp3) is 0.154. The van der Waals surface area contributed by atoms with Crippen LogP contribution in [0.2, 0.25) is 5.02 Å². The van der Waals surface area contributed by atoms with Crippen LogP contribution in [0.4, 0.5) is 11.4 Å². The van der Waals surface area contributed by atoms with Crippen molar-refractivity contribution in [2.45, 2.75) is 32.6 Å². The van der Waals surface area contributed by atoms with E-state index in [1.54, 1.807) is 12.1 Å². The Bertz CT molecular complexity index is 1270. The molecule has 0 atom stereocenters. The maximum atomic E-state index is 13.6. The molecule has 0 aromatic heterocycles. The van der Waals surface area contributed by atoms with Gasteiger partial charge in [-0.2, -0.15) is 0 Å². The maximum Gasteiger partial charge on any atom is 0.283 e. The Morgan fingerprint density at radius 1 is 0.781 bits per heavy atom. The van der Waals surface area contributed by atoms with Crippen LogP contribution in [0, 0.1) is 27.7 Å². The van der Waals surface area contributed by atoms with Crippen LogP contribution in [0.1, 0.15) is 22.3 Å². The van der Waals surface area contributed by atoms with Crippen LogP contribution in [0.5, 0.6) is 0 Å². The average molecular weight is 463 g/mol. The van der Waals surface area contributed by atoms with Gasteiger partial charge in [-0.15, -0.1) is 0 Å². The minimum Gasteiger partial charge on any atom is -0.350 e. The molecule has 0 aliphatic carbocycles. The largest absolute Gasteiger partial charge is 0.350 e. The molecule has 0 fully saturated rings. The van der Waals surface area contributed by atoms with E-state index in [1.807, 2.05) is 76.2 Å². The van der Waals surface area contributed by atoms with Gasteiger partial charge in [-0.3, -0.25) is 9.59 Å². The minimum atomic E-state index is -0.360. The lowest BCUT2D eigenvalue weighted by molar-refractivity contribution is -0.120. The third-order valence-electron chi connectivity index (χ3n) is 5.76. The van der Waals surface area contributed by atoms with Crippen LogP contribution < -0.4 is 10.2 Å². The standard InChI is InChI=1S/C26H23ClN2O2S/c1-15-7-5-9-21(17(15)3)28-23-24(32-20-13-11-19(27)12-14-20)26(31)29(25(23)30)22-10-6-8-16(2)18(22)4/h5-14,28H,1-4H3. The highest BCUT2D eigenvalue weighted by molar-refractivity contribution is 8.04. The Morgan fingerprint density at radius 2 is 1.41 bits per heavy atom. The van der Waals surface area contributed by atoms with Gasteiger partial charge in [0.1, 0.15) is 10.6 Å². The summed E-state index contributed by atoms with van der Waals surface area (Å²) in [6, 6.07) is 18.7. The van der Waals surface area contributed by atoms with Crippen molar-refractivity contribution in [2.75, 3.05) is 10.2 Å². The van der Waals surface area contributed by atoms with Crippen LogP contribution in [-0.4, -0.2) is 11.8 Å². The Labute approximate surface area is 197 Å². The summed E-state index contributed by atoms with van der Waals surface area (Å²) < 4.78 is 0. The summed E-state index contributed by atoms with van der Waals surface area (Å²) in [6.45, 7) is 7.90. The zero-order valence-corrected chi connectivity index (χ0v) is 19.9. The Morgan fingerprint density at radius 3 is 2.09 bits per heavy atom. The van der Waals surface area contributed by atoms with Gasteiger partial charge in [-0.25, -0.2) is 4.90 Å². The lowest BCUT2D eigenvalue weighted by Gasteiger charge is -2.19. The first-order valence-corrected chi connectivity index (χ1v) is 11.4. The van der Waals surface area contributed by atoms with Crippen LogP contribution in [0.25, 0.3) is 0 Å². The number of benzene rings is 3. The van der Waals surface area contributed by atoms with Gasteiger partial charge in [0, 0.05) is 15.6 Å². The molecule has 0 saturated heterocycles. The number of amides is 2. The van der Waals surface area contributed by atoms with Gasteiger partial charge >= 0.3 is 0 Å². The number of rotatable bonds is 5. The number of halogens is 1. The number of hydrogen-bond donors (Lipinski definition) is 1. The lowest BCUT2D eigenvalue weighted by Crippen LogP contribution is -2.33. The number of aryl methyl sites for hydroxylation is 2. The molecule has 0 saturated carbocycles. The third kappa shape index (κ3) is 4.06. The topological polar surface area (TPSA) is 49.4 Å². The van der Waals surface area contributed by atoms with Crippen molar-refractivity contribution in [3.05, 3.63) is 98.5 Å². The summed E-state index contributed by atoms with van der Waals surface area (Å²) >= 11 is 7.28. The van der Waals surface area contributed by atoms with E-state index >= 15 is 0 Å². The Kier molecular flexibility index (Phi) is 6.13. The molecule has 0 unspecified atom stereocenters. The number of hydrogen-bond acceptors (Lipinski definition) is 4. The van der Waals surface area contributed by atoms with Crippen LogP contribution in [-0.2, 0) is 9.59 Å².